The van der Waals surface area contributed by atoms with Gasteiger partial charge in [-0.15, -0.1) is 0 Å². The van der Waals surface area contributed by atoms with E-state index >= 15 is 0 Å². The maximum atomic E-state index is 13.4. The molecule has 2 heterocycles. The van der Waals surface area contributed by atoms with E-state index in [9.17, 15) is 21.6 Å². The van der Waals surface area contributed by atoms with Crippen molar-refractivity contribution in [2.45, 2.75) is 50.0 Å². The van der Waals surface area contributed by atoms with Crippen LogP contribution in [0.4, 0.5) is 13.2 Å². The summed E-state index contributed by atoms with van der Waals surface area (Å²) in [5, 5.41) is 8.83. The van der Waals surface area contributed by atoms with Gasteiger partial charge in [0.15, 0.2) is 5.69 Å². The van der Waals surface area contributed by atoms with E-state index in [4.69, 9.17) is 14.4 Å². The van der Waals surface area contributed by atoms with Crippen molar-refractivity contribution in [3.63, 3.8) is 0 Å². The number of hydrogen-bond acceptors (Lipinski definition) is 5. The Morgan fingerprint density at radius 3 is 1.94 bits per heavy atom. The van der Waals surface area contributed by atoms with E-state index in [-0.39, 0.29) is 16.3 Å². The number of aromatic nitrogens is 2. The fourth-order valence-corrected chi connectivity index (χ4v) is 4.00. The third-order valence-electron chi connectivity index (χ3n) is 6.14. The minimum atomic E-state index is -4.66. The van der Waals surface area contributed by atoms with Crippen molar-refractivity contribution in [2.75, 3.05) is 0 Å². The highest BCUT2D eigenvalue weighted by molar-refractivity contribution is 7.89. The number of hydrogen-bond donors (Lipinski definition) is 1. The van der Waals surface area contributed by atoms with Crippen molar-refractivity contribution in [1.82, 2.24) is 9.78 Å². The number of benzene rings is 2. The van der Waals surface area contributed by atoms with Gasteiger partial charge in [0.2, 0.25) is 10.0 Å². The first-order chi connectivity index (χ1) is 15.6. The molecular formula is C22H23BF3N3O4S. The molecule has 1 saturated heterocycles. The van der Waals surface area contributed by atoms with E-state index in [2.05, 4.69) is 5.10 Å². The normalized spacial score (nSPS) is 17.8. The summed E-state index contributed by atoms with van der Waals surface area (Å²) < 4.78 is 76.5. The molecule has 12 heteroatoms. The van der Waals surface area contributed by atoms with Crippen molar-refractivity contribution in [3.05, 3.63) is 60.3 Å². The zero-order valence-corrected chi connectivity index (χ0v) is 19.7. The molecule has 1 fully saturated rings. The molecule has 1 aliphatic heterocycles. The Morgan fingerprint density at radius 2 is 1.47 bits per heavy atom. The molecule has 4 rings (SSSR count). The second kappa shape index (κ2) is 7.94. The van der Waals surface area contributed by atoms with E-state index in [1.807, 2.05) is 27.7 Å². The fraction of sp³-hybridized carbons (Fsp3) is 0.318. The summed E-state index contributed by atoms with van der Waals surface area (Å²) in [5.74, 6) is 0. The summed E-state index contributed by atoms with van der Waals surface area (Å²) >= 11 is 0. The molecule has 0 amide bonds. The predicted octanol–water partition coefficient (Wildman–Crippen LogP) is 3.50. The smallest absolute Gasteiger partial charge is 0.399 e. The number of nitrogens with two attached hydrogens (primary N) is 1. The minimum Gasteiger partial charge on any atom is -0.399 e. The number of sulfonamides is 1. The van der Waals surface area contributed by atoms with Crippen LogP contribution in [0.15, 0.2) is 59.5 Å². The van der Waals surface area contributed by atoms with Crippen LogP contribution >= 0.6 is 0 Å². The van der Waals surface area contributed by atoms with Gasteiger partial charge in [0.05, 0.1) is 27.5 Å². The van der Waals surface area contributed by atoms with Crippen LogP contribution in [-0.4, -0.2) is 36.5 Å². The SMILES string of the molecule is CC1(C)OB(c2ccc(-c3cc(C(F)(F)F)nn3-c3ccc(S(N)(=O)=O)cc3)cc2)OC1(C)C. The average Bonchev–Trinajstić information content (AvgIpc) is 3.26. The molecule has 2 N–H and O–H groups in total. The van der Waals surface area contributed by atoms with E-state index in [1.54, 1.807) is 24.3 Å². The lowest BCUT2D eigenvalue weighted by atomic mass is 9.79. The lowest BCUT2D eigenvalue weighted by Gasteiger charge is -2.32. The molecule has 3 aromatic rings. The first kappa shape index (κ1) is 24.5. The second-order valence-corrected chi connectivity index (χ2v) is 10.6. The molecule has 0 unspecified atom stereocenters. The van der Waals surface area contributed by atoms with Gasteiger partial charge in [0.1, 0.15) is 0 Å². The third-order valence-corrected chi connectivity index (χ3v) is 7.07. The molecule has 34 heavy (non-hydrogen) atoms. The van der Waals surface area contributed by atoms with Crippen molar-refractivity contribution in [2.24, 2.45) is 5.14 Å². The molecule has 1 aromatic heterocycles. The lowest BCUT2D eigenvalue weighted by molar-refractivity contribution is -0.141. The molecule has 0 spiro atoms. The highest BCUT2D eigenvalue weighted by Gasteiger charge is 2.51. The quantitative estimate of drug-likeness (QED) is 0.562. The van der Waals surface area contributed by atoms with Crippen LogP contribution in [0.1, 0.15) is 33.4 Å². The third kappa shape index (κ3) is 4.50. The van der Waals surface area contributed by atoms with E-state index < -0.39 is 40.2 Å². The van der Waals surface area contributed by atoms with Gasteiger partial charge < -0.3 is 9.31 Å². The maximum absolute atomic E-state index is 13.4. The highest BCUT2D eigenvalue weighted by atomic mass is 32.2. The van der Waals surface area contributed by atoms with Gasteiger partial charge in [-0.05, 0) is 63.5 Å². The van der Waals surface area contributed by atoms with Crippen LogP contribution in [-0.2, 0) is 25.5 Å². The van der Waals surface area contributed by atoms with Crippen LogP contribution in [0.5, 0.6) is 0 Å². The van der Waals surface area contributed by atoms with E-state index in [0.717, 1.165) is 16.2 Å². The molecule has 0 saturated carbocycles. The van der Waals surface area contributed by atoms with Crippen molar-refractivity contribution >= 4 is 22.6 Å². The molecule has 0 bridgehead atoms. The first-order valence-corrected chi connectivity index (χ1v) is 11.9. The van der Waals surface area contributed by atoms with Gasteiger partial charge in [-0.25, -0.2) is 18.2 Å². The average molecular weight is 493 g/mol. The van der Waals surface area contributed by atoms with Crippen LogP contribution in [0, 0.1) is 0 Å². The Kier molecular flexibility index (Phi) is 5.71. The summed E-state index contributed by atoms with van der Waals surface area (Å²) in [6.07, 6.45) is -4.66. The molecule has 180 valence electrons. The Hall–Kier alpha value is -2.67. The standard InChI is InChI=1S/C22H23BF3N3O4S/c1-20(2)21(3,4)33-23(32-20)15-7-5-14(6-8-15)18-13-19(22(24,25)26)28-29(18)16-9-11-17(12-10-16)34(27,30)31/h5-13H,1-4H3,(H2,27,30,31). The number of primary sulfonamides is 1. The maximum Gasteiger partial charge on any atom is 0.494 e. The zero-order chi connectivity index (χ0) is 25.1. The molecule has 2 aromatic carbocycles. The van der Waals surface area contributed by atoms with Crippen molar-refractivity contribution < 1.29 is 30.9 Å². The Labute approximate surface area is 195 Å². The van der Waals surface area contributed by atoms with Gasteiger partial charge in [-0.1, -0.05) is 24.3 Å². The summed E-state index contributed by atoms with van der Waals surface area (Å²) in [5.41, 5.74) is -0.516. The molecule has 0 radical (unpaired) electrons. The van der Waals surface area contributed by atoms with Gasteiger partial charge >= 0.3 is 13.3 Å². The topological polar surface area (TPSA) is 96.4 Å². The Balaban J connectivity index is 1.72. The highest BCUT2D eigenvalue weighted by Crippen LogP contribution is 2.37. The number of nitrogens with zero attached hydrogens (tertiary/aromatic N) is 2. The zero-order valence-electron chi connectivity index (χ0n) is 18.9. The Morgan fingerprint density at radius 1 is 0.941 bits per heavy atom. The summed E-state index contributed by atoms with van der Waals surface area (Å²) in [4.78, 5) is -0.159. The Bertz CT molecular complexity index is 1300. The molecular weight excluding hydrogens is 470 g/mol. The number of halogens is 3. The summed E-state index contributed by atoms with van der Waals surface area (Å²) in [6.45, 7) is 7.72. The van der Waals surface area contributed by atoms with Gasteiger partial charge in [-0.2, -0.15) is 18.3 Å². The lowest BCUT2D eigenvalue weighted by Crippen LogP contribution is -2.41. The first-order valence-electron chi connectivity index (χ1n) is 10.3. The fourth-order valence-electron chi connectivity index (χ4n) is 3.49. The van der Waals surface area contributed by atoms with E-state index in [0.29, 0.717) is 5.56 Å². The minimum absolute atomic E-state index is 0.159. The van der Waals surface area contributed by atoms with Gasteiger partial charge in [0, 0.05) is 5.56 Å². The largest absolute Gasteiger partial charge is 0.494 e. The van der Waals surface area contributed by atoms with Gasteiger partial charge in [0.25, 0.3) is 0 Å². The predicted molar refractivity (Wildman–Crippen MR) is 121 cm³/mol. The molecule has 0 aliphatic carbocycles. The molecule has 1 aliphatic rings. The van der Waals surface area contributed by atoms with Crippen molar-refractivity contribution in [3.8, 4) is 16.9 Å². The van der Waals surface area contributed by atoms with Crippen LogP contribution in [0.3, 0.4) is 0 Å². The van der Waals surface area contributed by atoms with Crippen LogP contribution < -0.4 is 10.6 Å². The molecule has 7 nitrogen and oxygen atoms in total. The number of alkyl halides is 3. The summed E-state index contributed by atoms with van der Waals surface area (Å²) in [6, 6.07) is 12.8. The van der Waals surface area contributed by atoms with Crippen molar-refractivity contribution in [1.29, 1.82) is 0 Å². The molecule has 0 atom stereocenters. The van der Waals surface area contributed by atoms with Crippen LogP contribution in [0.25, 0.3) is 16.9 Å². The monoisotopic (exact) mass is 493 g/mol. The van der Waals surface area contributed by atoms with Crippen LogP contribution in [0.2, 0.25) is 0 Å². The summed E-state index contributed by atoms with van der Waals surface area (Å²) in [7, 11) is -4.56. The number of rotatable bonds is 4. The second-order valence-electron chi connectivity index (χ2n) is 9.07. The van der Waals surface area contributed by atoms with Gasteiger partial charge in [-0.3, -0.25) is 0 Å². The van der Waals surface area contributed by atoms with E-state index in [1.165, 1.54) is 24.3 Å².